The maximum atomic E-state index is 11.9. The summed E-state index contributed by atoms with van der Waals surface area (Å²) in [7, 11) is 1.60. The van der Waals surface area contributed by atoms with Crippen molar-refractivity contribution in [2.24, 2.45) is 5.92 Å². The maximum absolute atomic E-state index is 11.9. The van der Waals surface area contributed by atoms with Gasteiger partial charge < -0.3 is 15.4 Å². The third-order valence-electron chi connectivity index (χ3n) is 3.70. The monoisotopic (exact) mass is 296 g/mol. The lowest BCUT2D eigenvalue weighted by Crippen LogP contribution is -2.24. The molecule has 0 aliphatic carbocycles. The number of carbonyl (C=O) groups is 1. The van der Waals surface area contributed by atoms with Gasteiger partial charge in [0.2, 0.25) is 5.91 Å². The summed E-state index contributed by atoms with van der Waals surface area (Å²) in [5.41, 5.74) is 0.826. The number of hydrogen-bond donors (Lipinski definition) is 2. The summed E-state index contributed by atoms with van der Waals surface area (Å²) in [5, 5.41) is 6.84. The molecule has 0 bridgehead atoms. The van der Waals surface area contributed by atoms with Crippen LogP contribution in [0.1, 0.15) is 24.8 Å². The normalized spacial score (nSPS) is 18.0. The Hall–Kier alpha value is -1.26. The molecule has 0 aromatic heterocycles. The fourth-order valence-corrected chi connectivity index (χ4v) is 2.71. The summed E-state index contributed by atoms with van der Waals surface area (Å²) in [5.74, 6) is 1.41. The van der Waals surface area contributed by atoms with Gasteiger partial charge in [0.15, 0.2) is 0 Å². The van der Waals surface area contributed by atoms with Gasteiger partial charge in [-0.3, -0.25) is 4.79 Å². The number of hydrogen-bond acceptors (Lipinski definition) is 3. The summed E-state index contributed by atoms with van der Waals surface area (Å²) < 4.78 is 5.26. The van der Waals surface area contributed by atoms with E-state index in [2.05, 4.69) is 10.6 Å². The summed E-state index contributed by atoms with van der Waals surface area (Å²) in [6.07, 6.45) is 2.68. The molecule has 1 heterocycles. The molecule has 0 spiro atoms. The fraction of sp³-hybridized carbons (Fsp3) is 0.533. The molecule has 1 atom stereocenters. The molecular formula is C15H21ClN2O2. The Morgan fingerprint density at radius 3 is 3.10 bits per heavy atom. The second-order valence-corrected chi connectivity index (χ2v) is 5.50. The summed E-state index contributed by atoms with van der Waals surface area (Å²) >= 11 is 6.13. The molecule has 110 valence electrons. The molecule has 1 aliphatic rings. The van der Waals surface area contributed by atoms with Crippen LogP contribution in [0.15, 0.2) is 18.2 Å². The molecule has 1 unspecified atom stereocenters. The van der Waals surface area contributed by atoms with Gasteiger partial charge in [0.25, 0.3) is 0 Å². The predicted molar refractivity (Wildman–Crippen MR) is 80.1 cm³/mol. The van der Waals surface area contributed by atoms with E-state index < -0.39 is 0 Å². The molecule has 4 nitrogen and oxygen atoms in total. The number of carbonyl (C=O) groups excluding carboxylic acids is 1. The van der Waals surface area contributed by atoms with Gasteiger partial charge in [0.1, 0.15) is 5.75 Å². The molecule has 5 heteroatoms. The van der Waals surface area contributed by atoms with Crippen LogP contribution < -0.4 is 15.4 Å². The van der Waals surface area contributed by atoms with Crippen molar-refractivity contribution >= 4 is 17.5 Å². The van der Waals surface area contributed by atoms with E-state index in [4.69, 9.17) is 16.3 Å². The van der Waals surface area contributed by atoms with E-state index in [9.17, 15) is 4.79 Å². The van der Waals surface area contributed by atoms with E-state index in [1.54, 1.807) is 13.2 Å². The summed E-state index contributed by atoms with van der Waals surface area (Å²) in [4.78, 5) is 11.9. The van der Waals surface area contributed by atoms with Crippen LogP contribution >= 0.6 is 11.6 Å². The zero-order valence-electron chi connectivity index (χ0n) is 11.7. The minimum atomic E-state index is 0.0684. The van der Waals surface area contributed by atoms with Crippen LogP contribution in [0, 0.1) is 5.92 Å². The van der Waals surface area contributed by atoms with Crippen LogP contribution in [0.4, 0.5) is 0 Å². The lowest BCUT2D eigenvalue weighted by atomic mass is 10.0. The van der Waals surface area contributed by atoms with E-state index in [0.717, 1.165) is 25.1 Å². The van der Waals surface area contributed by atoms with E-state index in [0.29, 0.717) is 29.7 Å². The minimum Gasteiger partial charge on any atom is -0.496 e. The zero-order chi connectivity index (χ0) is 14.4. The van der Waals surface area contributed by atoms with Gasteiger partial charge in [-0.25, -0.2) is 0 Å². The Labute approximate surface area is 124 Å². The van der Waals surface area contributed by atoms with Gasteiger partial charge in [-0.15, -0.1) is 0 Å². The number of benzene rings is 1. The van der Waals surface area contributed by atoms with Crippen molar-refractivity contribution in [1.82, 2.24) is 10.6 Å². The lowest BCUT2D eigenvalue weighted by Gasteiger charge is -2.12. The van der Waals surface area contributed by atoms with Gasteiger partial charge in [-0.05, 0) is 44.0 Å². The highest BCUT2D eigenvalue weighted by molar-refractivity contribution is 6.31. The Morgan fingerprint density at radius 2 is 2.40 bits per heavy atom. The van der Waals surface area contributed by atoms with Crippen LogP contribution in [0.25, 0.3) is 0 Å². The SMILES string of the molecule is COc1cccc(Cl)c1CNC(=O)CCC1CCNC1. The molecule has 0 radical (unpaired) electrons. The van der Waals surface area contributed by atoms with Gasteiger partial charge >= 0.3 is 0 Å². The molecule has 20 heavy (non-hydrogen) atoms. The first-order valence-electron chi connectivity index (χ1n) is 6.99. The highest BCUT2D eigenvalue weighted by Gasteiger charge is 2.16. The van der Waals surface area contributed by atoms with Crippen molar-refractivity contribution in [2.45, 2.75) is 25.8 Å². The third-order valence-corrected chi connectivity index (χ3v) is 4.05. The quantitative estimate of drug-likeness (QED) is 0.847. The summed E-state index contributed by atoms with van der Waals surface area (Å²) in [6.45, 7) is 2.51. The first-order chi connectivity index (χ1) is 9.70. The number of methoxy groups -OCH3 is 1. The van der Waals surface area contributed by atoms with Crippen molar-refractivity contribution in [2.75, 3.05) is 20.2 Å². The average Bonchev–Trinajstić information content (AvgIpc) is 2.96. The maximum Gasteiger partial charge on any atom is 0.220 e. The molecule has 1 amide bonds. The van der Waals surface area contributed by atoms with Crippen LogP contribution in [0.2, 0.25) is 5.02 Å². The smallest absolute Gasteiger partial charge is 0.220 e. The zero-order valence-corrected chi connectivity index (χ0v) is 12.5. The Bertz CT molecular complexity index is 459. The van der Waals surface area contributed by atoms with Gasteiger partial charge in [0.05, 0.1) is 7.11 Å². The first-order valence-corrected chi connectivity index (χ1v) is 7.37. The largest absolute Gasteiger partial charge is 0.496 e. The van der Waals surface area contributed by atoms with Crippen LogP contribution in [-0.2, 0) is 11.3 Å². The number of ether oxygens (including phenoxy) is 1. The van der Waals surface area contributed by atoms with Crippen LogP contribution in [-0.4, -0.2) is 26.1 Å². The Balaban J connectivity index is 1.80. The Morgan fingerprint density at radius 1 is 1.55 bits per heavy atom. The van der Waals surface area contributed by atoms with Crippen molar-refractivity contribution in [1.29, 1.82) is 0 Å². The van der Waals surface area contributed by atoms with Crippen molar-refractivity contribution in [3.8, 4) is 5.75 Å². The van der Waals surface area contributed by atoms with Gasteiger partial charge in [-0.2, -0.15) is 0 Å². The molecule has 1 aromatic rings. The molecule has 1 fully saturated rings. The summed E-state index contributed by atoms with van der Waals surface area (Å²) in [6, 6.07) is 5.48. The molecule has 2 rings (SSSR count). The highest BCUT2D eigenvalue weighted by Crippen LogP contribution is 2.25. The first kappa shape index (κ1) is 15.1. The van der Waals surface area contributed by atoms with E-state index in [1.165, 1.54) is 6.42 Å². The molecule has 1 aromatic carbocycles. The van der Waals surface area contributed by atoms with Crippen molar-refractivity contribution in [3.63, 3.8) is 0 Å². The van der Waals surface area contributed by atoms with Gasteiger partial charge in [-0.1, -0.05) is 17.7 Å². The van der Waals surface area contributed by atoms with Gasteiger partial charge in [0, 0.05) is 23.6 Å². The molecule has 2 N–H and O–H groups in total. The van der Waals surface area contributed by atoms with Crippen LogP contribution in [0.5, 0.6) is 5.75 Å². The van der Waals surface area contributed by atoms with Crippen molar-refractivity contribution < 1.29 is 9.53 Å². The highest BCUT2D eigenvalue weighted by atomic mass is 35.5. The Kier molecular flexibility index (Phi) is 5.68. The topological polar surface area (TPSA) is 50.4 Å². The van der Waals surface area contributed by atoms with Crippen molar-refractivity contribution in [3.05, 3.63) is 28.8 Å². The second-order valence-electron chi connectivity index (χ2n) is 5.09. The number of amides is 1. The predicted octanol–water partition coefficient (Wildman–Crippen LogP) is 2.35. The fourth-order valence-electron chi connectivity index (χ4n) is 2.47. The number of rotatable bonds is 6. The van der Waals surface area contributed by atoms with E-state index in [1.807, 2.05) is 12.1 Å². The standard InChI is InChI=1S/C15H21ClN2O2/c1-20-14-4-2-3-13(16)12(14)10-18-15(19)6-5-11-7-8-17-9-11/h2-4,11,17H,5-10H2,1H3,(H,18,19). The molecule has 0 saturated carbocycles. The molecule has 1 aliphatic heterocycles. The molecular weight excluding hydrogens is 276 g/mol. The van der Waals surface area contributed by atoms with E-state index in [-0.39, 0.29) is 5.91 Å². The van der Waals surface area contributed by atoms with Crippen LogP contribution in [0.3, 0.4) is 0 Å². The third kappa shape index (κ3) is 4.12. The minimum absolute atomic E-state index is 0.0684. The number of halogens is 1. The molecule has 1 saturated heterocycles. The van der Waals surface area contributed by atoms with E-state index >= 15 is 0 Å². The lowest BCUT2D eigenvalue weighted by molar-refractivity contribution is -0.121. The average molecular weight is 297 g/mol. The number of nitrogens with one attached hydrogen (secondary N) is 2. The second kappa shape index (κ2) is 7.50.